The zero-order valence-corrected chi connectivity index (χ0v) is 20.1. The van der Waals surface area contributed by atoms with Gasteiger partial charge in [0.05, 0.1) is 20.0 Å². The summed E-state index contributed by atoms with van der Waals surface area (Å²) < 4.78 is 64.7. The maximum absolute atomic E-state index is 13.4. The van der Waals surface area contributed by atoms with Crippen molar-refractivity contribution >= 4 is 20.0 Å². The van der Waals surface area contributed by atoms with E-state index in [1.165, 1.54) is 14.9 Å². The quantitative estimate of drug-likeness (QED) is 0.670. The van der Waals surface area contributed by atoms with Gasteiger partial charge in [0.15, 0.2) is 0 Å². The zero-order valence-electron chi connectivity index (χ0n) is 18.4. The van der Waals surface area contributed by atoms with Crippen LogP contribution in [0, 0.1) is 5.41 Å². The molecule has 2 aliphatic heterocycles. The van der Waals surface area contributed by atoms with Gasteiger partial charge in [-0.1, -0.05) is 18.2 Å². The summed E-state index contributed by atoms with van der Waals surface area (Å²) >= 11 is 0. The van der Waals surface area contributed by atoms with E-state index >= 15 is 0 Å². The maximum Gasteiger partial charge on any atom is 0.246 e. The second-order valence-electron chi connectivity index (χ2n) is 8.60. The lowest BCUT2D eigenvalue weighted by Gasteiger charge is -2.43. The third-order valence-corrected chi connectivity index (χ3v) is 9.53. The van der Waals surface area contributed by atoms with Crippen LogP contribution in [0.4, 0.5) is 0 Å². The molecule has 0 radical (unpaired) electrons. The standard InChI is InChI=1S/C22H28N2O6S2/c1-23-15-22(10-12-24(13-11-22)31(3,25)26)16-30-20-9-6-18(14-21(20)32(23,27)28)17-4-7-19(29-2)8-5-17/h4-9,14H,10-13,15-16H2,1-3H3. The molecule has 2 aromatic carbocycles. The Bertz CT molecular complexity index is 1200. The minimum absolute atomic E-state index is 0.136. The van der Waals surface area contributed by atoms with Gasteiger partial charge in [0.25, 0.3) is 0 Å². The number of ether oxygens (including phenoxy) is 2. The summed E-state index contributed by atoms with van der Waals surface area (Å²) in [7, 11) is -3.88. The van der Waals surface area contributed by atoms with Crippen LogP contribution in [0.15, 0.2) is 47.4 Å². The number of fused-ring (bicyclic) bond motifs is 1. The third kappa shape index (κ3) is 4.36. The molecule has 32 heavy (non-hydrogen) atoms. The topological polar surface area (TPSA) is 93.2 Å². The van der Waals surface area contributed by atoms with Gasteiger partial charge in [-0.15, -0.1) is 0 Å². The molecule has 0 bridgehead atoms. The third-order valence-electron chi connectivity index (χ3n) is 6.40. The van der Waals surface area contributed by atoms with Crippen molar-refractivity contribution in [2.24, 2.45) is 5.41 Å². The van der Waals surface area contributed by atoms with Crippen LogP contribution in [-0.2, 0) is 20.0 Å². The lowest BCUT2D eigenvalue weighted by Crippen LogP contribution is -2.51. The first-order chi connectivity index (χ1) is 15.0. The maximum atomic E-state index is 13.4. The summed E-state index contributed by atoms with van der Waals surface area (Å²) in [5, 5.41) is 0. The van der Waals surface area contributed by atoms with Gasteiger partial charge < -0.3 is 9.47 Å². The molecule has 174 valence electrons. The van der Waals surface area contributed by atoms with Crippen LogP contribution in [0.1, 0.15) is 12.8 Å². The average molecular weight is 481 g/mol. The molecule has 2 aliphatic rings. The van der Waals surface area contributed by atoms with E-state index in [1.807, 2.05) is 30.3 Å². The van der Waals surface area contributed by atoms with E-state index in [2.05, 4.69) is 0 Å². The highest BCUT2D eigenvalue weighted by Gasteiger charge is 2.43. The number of hydrogen-bond acceptors (Lipinski definition) is 6. The molecule has 0 saturated carbocycles. The van der Waals surface area contributed by atoms with Crippen LogP contribution in [0.2, 0.25) is 0 Å². The van der Waals surface area contributed by atoms with Crippen LogP contribution in [0.5, 0.6) is 11.5 Å². The van der Waals surface area contributed by atoms with Crippen LogP contribution < -0.4 is 9.47 Å². The number of hydrogen-bond donors (Lipinski definition) is 0. The summed E-state index contributed by atoms with van der Waals surface area (Å²) in [5.41, 5.74) is 1.21. The molecule has 1 fully saturated rings. The van der Waals surface area contributed by atoms with Gasteiger partial charge >= 0.3 is 0 Å². The SMILES string of the molecule is COc1ccc(-c2ccc3c(c2)S(=O)(=O)N(C)CC2(CCN(S(C)(=O)=O)CC2)CO3)cc1. The van der Waals surface area contributed by atoms with Crippen LogP contribution in [0.3, 0.4) is 0 Å². The van der Waals surface area contributed by atoms with E-state index < -0.39 is 25.5 Å². The number of benzene rings is 2. The largest absolute Gasteiger partial charge is 0.497 e. The van der Waals surface area contributed by atoms with Gasteiger partial charge in [0.1, 0.15) is 16.4 Å². The number of piperidine rings is 1. The predicted molar refractivity (Wildman–Crippen MR) is 122 cm³/mol. The van der Waals surface area contributed by atoms with Gasteiger partial charge in [-0.05, 0) is 48.2 Å². The summed E-state index contributed by atoms with van der Waals surface area (Å²) in [6.45, 7) is 1.33. The van der Waals surface area contributed by atoms with Gasteiger partial charge in [0, 0.05) is 32.1 Å². The van der Waals surface area contributed by atoms with Crippen molar-refractivity contribution in [1.29, 1.82) is 0 Å². The Hall–Kier alpha value is -2.14. The molecular weight excluding hydrogens is 452 g/mol. The van der Waals surface area contributed by atoms with Crippen molar-refractivity contribution in [2.45, 2.75) is 17.7 Å². The van der Waals surface area contributed by atoms with Crippen molar-refractivity contribution in [1.82, 2.24) is 8.61 Å². The smallest absolute Gasteiger partial charge is 0.246 e. The van der Waals surface area contributed by atoms with E-state index in [0.29, 0.717) is 38.3 Å². The van der Waals surface area contributed by atoms with E-state index in [-0.39, 0.29) is 11.4 Å². The Morgan fingerprint density at radius 3 is 2.25 bits per heavy atom. The molecule has 2 aromatic rings. The summed E-state index contributed by atoms with van der Waals surface area (Å²) in [6, 6.07) is 12.6. The van der Waals surface area contributed by atoms with Crippen molar-refractivity contribution < 1.29 is 26.3 Å². The van der Waals surface area contributed by atoms with Crippen molar-refractivity contribution in [2.75, 3.05) is 46.7 Å². The molecule has 0 N–H and O–H groups in total. The van der Waals surface area contributed by atoms with E-state index in [9.17, 15) is 16.8 Å². The van der Waals surface area contributed by atoms with Crippen molar-refractivity contribution in [3.8, 4) is 22.6 Å². The molecule has 1 spiro atoms. The molecule has 0 aromatic heterocycles. The normalized spacial score (nSPS) is 21.2. The number of rotatable bonds is 3. The summed E-state index contributed by atoms with van der Waals surface area (Å²) in [5.74, 6) is 1.04. The van der Waals surface area contributed by atoms with E-state index in [4.69, 9.17) is 9.47 Å². The number of nitrogens with zero attached hydrogens (tertiary/aromatic N) is 2. The molecule has 1 saturated heterocycles. The highest BCUT2D eigenvalue weighted by atomic mass is 32.2. The minimum Gasteiger partial charge on any atom is -0.497 e. The monoisotopic (exact) mass is 480 g/mol. The average Bonchev–Trinajstić information content (AvgIpc) is 2.77. The first-order valence-corrected chi connectivity index (χ1v) is 13.7. The van der Waals surface area contributed by atoms with Gasteiger partial charge in [-0.3, -0.25) is 0 Å². The Balaban J connectivity index is 1.65. The number of sulfonamides is 2. The Morgan fingerprint density at radius 2 is 1.66 bits per heavy atom. The highest BCUT2D eigenvalue weighted by molar-refractivity contribution is 7.89. The van der Waals surface area contributed by atoms with E-state index in [0.717, 1.165) is 16.9 Å². The molecule has 10 heteroatoms. The zero-order chi connectivity index (χ0) is 23.1. The van der Waals surface area contributed by atoms with Crippen LogP contribution in [-0.4, -0.2) is 72.1 Å². The van der Waals surface area contributed by atoms with Crippen LogP contribution in [0.25, 0.3) is 11.1 Å². The molecule has 4 rings (SSSR count). The fourth-order valence-corrected chi connectivity index (χ4v) is 6.67. The summed E-state index contributed by atoms with van der Waals surface area (Å²) in [6.07, 6.45) is 2.28. The lowest BCUT2D eigenvalue weighted by molar-refractivity contribution is 0.0616. The first kappa shape index (κ1) is 23.0. The summed E-state index contributed by atoms with van der Waals surface area (Å²) in [4.78, 5) is 0.136. The molecule has 0 unspecified atom stereocenters. The molecular formula is C22H28N2O6S2. The molecule has 0 atom stereocenters. The van der Waals surface area contributed by atoms with Crippen molar-refractivity contribution in [3.63, 3.8) is 0 Å². The molecule has 0 aliphatic carbocycles. The molecule has 0 amide bonds. The first-order valence-electron chi connectivity index (χ1n) is 10.4. The fourth-order valence-electron chi connectivity index (χ4n) is 4.39. The molecule has 8 nitrogen and oxygen atoms in total. The molecule has 2 heterocycles. The van der Waals surface area contributed by atoms with Gasteiger partial charge in [-0.2, -0.15) is 0 Å². The Morgan fingerprint density at radius 1 is 1.03 bits per heavy atom. The van der Waals surface area contributed by atoms with Crippen molar-refractivity contribution in [3.05, 3.63) is 42.5 Å². The van der Waals surface area contributed by atoms with Gasteiger partial charge in [0.2, 0.25) is 20.0 Å². The Kier molecular flexibility index (Phi) is 6.00. The fraction of sp³-hybridized carbons (Fsp3) is 0.455. The van der Waals surface area contributed by atoms with Gasteiger partial charge in [-0.25, -0.2) is 25.4 Å². The van der Waals surface area contributed by atoms with Crippen LogP contribution >= 0.6 is 0 Å². The second kappa shape index (κ2) is 8.33. The minimum atomic E-state index is -3.79. The highest BCUT2D eigenvalue weighted by Crippen LogP contribution is 2.40. The van der Waals surface area contributed by atoms with E-state index in [1.54, 1.807) is 26.3 Å². The second-order valence-corrected chi connectivity index (χ2v) is 12.6. The predicted octanol–water partition coefficient (Wildman–Crippen LogP) is 2.42. The number of methoxy groups -OCH3 is 1. The Labute approximate surface area is 189 Å². The lowest BCUT2D eigenvalue weighted by atomic mass is 9.79.